The van der Waals surface area contributed by atoms with Crippen LogP contribution in [0, 0.1) is 0 Å². The zero-order valence-corrected chi connectivity index (χ0v) is 18.6. The lowest BCUT2D eigenvalue weighted by atomic mass is 9.93. The van der Waals surface area contributed by atoms with Crippen LogP contribution in [0.15, 0.2) is 18.2 Å². The Hall–Kier alpha value is -3.40. The standard InChI is InChI=1S/C22H30N6O4/c1-4-15-20(25-13-6-8-14(29)9-7-13)28-21(18(26-15)19(23)30)27-16-10-5-12(22(31)24-2)11-17(16)32-3/h5,10-11,13-14,29H,4,6-9H2,1-3H3,(H2,23,30)(H,24,31)(H2,25,27,28). The summed E-state index contributed by atoms with van der Waals surface area (Å²) in [6.45, 7) is 1.93. The van der Waals surface area contributed by atoms with Crippen LogP contribution in [0.3, 0.4) is 0 Å². The third kappa shape index (κ3) is 5.25. The topological polar surface area (TPSA) is 151 Å². The zero-order valence-electron chi connectivity index (χ0n) is 18.6. The van der Waals surface area contributed by atoms with Crippen LogP contribution in [0.25, 0.3) is 0 Å². The first-order valence-corrected chi connectivity index (χ1v) is 10.7. The maximum absolute atomic E-state index is 12.1. The Morgan fingerprint density at radius 2 is 1.91 bits per heavy atom. The molecule has 1 aliphatic carbocycles. The first-order chi connectivity index (χ1) is 15.4. The molecule has 6 N–H and O–H groups in total. The predicted molar refractivity (Wildman–Crippen MR) is 121 cm³/mol. The maximum Gasteiger partial charge on any atom is 0.271 e. The fraction of sp³-hybridized carbons (Fsp3) is 0.455. The van der Waals surface area contributed by atoms with Gasteiger partial charge in [0.25, 0.3) is 11.8 Å². The van der Waals surface area contributed by atoms with Crippen LogP contribution in [0.1, 0.15) is 59.1 Å². The summed E-state index contributed by atoms with van der Waals surface area (Å²) in [5.41, 5.74) is 7.17. The third-order valence-corrected chi connectivity index (χ3v) is 5.52. The van der Waals surface area contributed by atoms with E-state index in [4.69, 9.17) is 10.5 Å². The molecule has 0 bridgehead atoms. The van der Waals surface area contributed by atoms with E-state index in [9.17, 15) is 14.7 Å². The molecule has 1 aliphatic rings. The van der Waals surface area contributed by atoms with Crippen LogP contribution in [-0.4, -0.2) is 53.2 Å². The second-order valence-electron chi connectivity index (χ2n) is 7.70. The van der Waals surface area contributed by atoms with Gasteiger partial charge in [0.1, 0.15) is 11.6 Å². The fourth-order valence-electron chi connectivity index (χ4n) is 3.71. The zero-order chi connectivity index (χ0) is 23.3. The number of benzene rings is 1. The van der Waals surface area contributed by atoms with Crippen LogP contribution in [0.4, 0.5) is 17.3 Å². The number of primary amides is 1. The van der Waals surface area contributed by atoms with Crippen LogP contribution >= 0.6 is 0 Å². The summed E-state index contributed by atoms with van der Waals surface area (Å²) in [6, 6.07) is 5.05. The molecular weight excluding hydrogens is 412 g/mol. The lowest BCUT2D eigenvalue weighted by molar-refractivity contribution is 0.0961. The van der Waals surface area contributed by atoms with E-state index in [-0.39, 0.29) is 29.6 Å². The van der Waals surface area contributed by atoms with Crippen molar-refractivity contribution in [3.63, 3.8) is 0 Å². The number of anilines is 3. The number of aryl methyl sites for hydroxylation is 1. The molecule has 0 unspecified atom stereocenters. The van der Waals surface area contributed by atoms with Crippen molar-refractivity contribution in [3.8, 4) is 5.75 Å². The maximum atomic E-state index is 12.1. The molecule has 1 fully saturated rings. The molecule has 1 heterocycles. The van der Waals surface area contributed by atoms with Crippen molar-refractivity contribution in [2.45, 2.75) is 51.2 Å². The normalized spacial score (nSPS) is 18.0. The SMILES string of the molecule is CCc1nc(C(N)=O)c(Nc2ccc(C(=O)NC)cc2OC)nc1NC1CCC(O)CC1. The quantitative estimate of drug-likeness (QED) is 0.416. The second-order valence-corrected chi connectivity index (χ2v) is 7.70. The summed E-state index contributed by atoms with van der Waals surface area (Å²) in [5.74, 6) is 0.215. The molecule has 0 spiro atoms. The summed E-state index contributed by atoms with van der Waals surface area (Å²) in [7, 11) is 3.03. The van der Waals surface area contributed by atoms with Gasteiger partial charge < -0.3 is 31.5 Å². The Bertz CT molecular complexity index is 989. The van der Waals surface area contributed by atoms with Gasteiger partial charge in [0.15, 0.2) is 11.5 Å². The lowest BCUT2D eigenvalue weighted by Crippen LogP contribution is -2.29. The number of nitrogens with one attached hydrogen (secondary N) is 3. The van der Waals surface area contributed by atoms with Gasteiger partial charge in [-0.25, -0.2) is 9.97 Å². The number of aliphatic hydroxyl groups excluding tert-OH is 1. The van der Waals surface area contributed by atoms with Crippen LogP contribution < -0.4 is 26.4 Å². The number of carbonyl (C=O) groups is 2. The lowest BCUT2D eigenvalue weighted by Gasteiger charge is -2.27. The molecule has 0 radical (unpaired) electrons. The van der Waals surface area contributed by atoms with E-state index in [1.807, 2.05) is 6.92 Å². The summed E-state index contributed by atoms with van der Waals surface area (Å²) in [6.07, 6.45) is 3.40. The molecule has 0 aliphatic heterocycles. The van der Waals surface area contributed by atoms with Crippen molar-refractivity contribution >= 4 is 29.1 Å². The molecule has 3 rings (SSSR count). The van der Waals surface area contributed by atoms with Crippen molar-refractivity contribution in [1.29, 1.82) is 0 Å². The number of hydrogen-bond acceptors (Lipinski definition) is 8. The van der Waals surface area contributed by atoms with Gasteiger partial charge in [0.05, 0.1) is 24.6 Å². The van der Waals surface area contributed by atoms with Gasteiger partial charge in [-0.05, 0) is 50.3 Å². The number of carbonyl (C=O) groups excluding carboxylic acids is 2. The molecule has 10 nitrogen and oxygen atoms in total. The molecule has 10 heteroatoms. The van der Waals surface area contributed by atoms with Crippen LogP contribution in [0.2, 0.25) is 0 Å². The molecule has 1 aromatic heterocycles. The molecule has 32 heavy (non-hydrogen) atoms. The minimum atomic E-state index is -0.706. The Morgan fingerprint density at radius 1 is 1.19 bits per heavy atom. The Balaban J connectivity index is 1.96. The fourth-order valence-corrected chi connectivity index (χ4v) is 3.71. The number of hydrogen-bond donors (Lipinski definition) is 5. The molecule has 1 saturated carbocycles. The number of aliphatic hydroxyl groups is 1. The highest BCUT2D eigenvalue weighted by atomic mass is 16.5. The van der Waals surface area contributed by atoms with Crippen molar-refractivity contribution in [2.24, 2.45) is 5.73 Å². The summed E-state index contributed by atoms with van der Waals surface area (Å²) >= 11 is 0. The van der Waals surface area contributed by atoms with Crippen molar-refractivity contribution < 1.29 is 19.4 Å². The van der Waals surface area contributed by atoms with E-state index in [0.717, 1.165) is 25.7 Å². The minimum absolute atomic E-state index is 0.0175. The number of aromatic nitrogens is 2. The van der Waals surface area contributed by atoms with Gasteiger partial charge in [0, 0.05) is 18.7 Å². The average molecular weight is 443 g/mol. The Kier molecular flexibility index (Phi) is 7.47. The number of ether oxygens (including phenoxy) is 1. The number of methoxy groups -OCH3 is 1. The molecule has 172 valence electrons. The van der Waals surface area contributed by atoms with Crippen molar-refractivity contribution in [3.05, 3.63) is 35.2 Å². The average Bonchev–Trinajstić information content (AvgIpc) is 2.80. The van der Waals surface area contributed by atoms with E-state index in [0.29, 0.717) is 34.9 Å². The Labute approximate surface area is 187 Å². The second kappa shape index (κ2) is 10.3. The predicted octanol–water partition coefficient (Wildman–Crippen LogP) is 1.97. The van der Waals surface area contributed by atoms with Crippen molar-refractivity contribution in [2.75, 3.05) is 24.8 Å². The van der Waals surface area contributed by atoms with Crippen LogP contribution in [-0.2, 0) is 6.42 Å². The third-order valence-electron chi connectivity index (χ3n) is 5.52. The number of amides is 2. The summed E-state index contributed by atoms with van der Waals surface area (Å²) < 4.78 is 5.41. The Morgan fingerprint density at radius 3 is 2.50 bits per heavy atom. The van der Waals surface area contributed by atoms with E-state index in [1.165, 1.54) is 7.11 Å². The smallest absolute Gasteiger partial charge is 0.271 e. The highest BCUT2D eigenvalue weighted by Gasteiger charge is 2.23. The van der Waals surface area contributed by atoms with Gasteiger partial charge in [-0.15, -0.1) is 0 Å². The molecule has 2 aromatic rings. The minimum Gasteiger partial charge on any atom is -0.495 e. The number of rotatable bonds is 8. The molecule has 1 aromatic carbocycles. The van der Waals surface area contributed by atoms with E-state index in [2.05, 4.69) is 25.9 Å². The monoisotopic (exact) mass is 442 g/mol. The first kappa shape index (κ1) is 23.3. The van der Waals surface area contributed by atoms with Crippen molar-refractivity contribution in [1.82, 2.24) is 15.3 Å². The summed E-state index contributed by atoms with van der Waals surface area (Å²) in [5, 5.41) is 18.8. The molecule has 2 amide bonds. The van der Waals surface area contributed by atoms with Gasteiger partial charge in [-0.2, -0.15) is 0 Å². The molecule has 0 atom stereocenters. The first-order valence-electron chi connectivity index (χ1n) is 10.7. The van der Waals surface area contributed by atoms with E-state index < -0.39 is 5.91 Å². The van der Waals surface area contributed by atoms with E-state index in [1.54, 1.807) is 25.2 Å². The molecular formula is C22H30N6O4. The highest BCUT2D eigenvalue weighted by molar-refractivity contribution is 5.97. The number of nitrogens with zero attached hydrogens (tertiary/aromatic N) is 2. The molecule has 0 saturated heterocycles. The number of nitrogens with two attached hydrogens (primary N) is 1. The largest absolute Gasteiger partial charge is 0.495 e. The van der Waals surface area contributed by atoms with Gasteiger partial charge in [0.2, 0.25) is 0 Å². The summed E-state index contributed by atoms with van der Waals surface area (Å²) in [4.78, 5) is 33.1. The van der Waals surface area contributed by atoms with Crippen LogP contribution in [0.5, 0.6) is 5.75 Å². The van der Waals surface area contributed by atoms with E-state index >= 15 is 0 Å². The highest BCUT2D eigenvalue weighted by Crippen LogP contribution is 2.31. The van der Waals surface area contributed by atoms with Gasteiger partial charge in [-0.1, -0.05) is 6.92 Å². The van der Waals surface area contributed by atoms with Gasteiger partial charge in [-0.3, -0.25) is 9.59 Å². The van der Waals surface area contributed by atoms with Gasteiger partial charge >= 0.3 is 0 Å².